The van der Waals surface area contributed by atoms with Crippen molar-refractivity contribution in [2.24, 2.45) is 0 Å². The van der Waals surface area contributed by atoms with E-state index in [0.29, 0.717) is 15.7 Å². The molecule has 1 aliphatic rings. The summed E-state index contributed by atoms with van der Waals surface area (Å²) in [5.74, 6) is 0. The minimum atomic E-state index is 0.511. The summed E-state index contributed by atoms with van der Waals surface area (Å²) in [5.41, 5.74) is 7.64. The van der Waals surface area contributed by atoms with Crippen LogP contribution in [-0.2, 0) is 0 Å². The molecule has 0 aliphatic carbocycles. The topological polar surface area (TPSA) is 32.5 Å². The second-order valence-electron chi connectivity index (χ2n) is 4.12. The van der Waals surface area contributed by atoms with Gasteiger partial charge in [0.1, 0.15) is 0 Å². The van der Waals surface area contributed by atoms with E-state index in [-0.39, 0.29) is 0 Å². The second kappa shape index (κ2) is 4.70. The number of hydrogen-bond donors (Lipinski definition) is 1. The normalized spacial score (nSPS) is 17.8. The molecule has 1 aromatic rings. The number of nitrogens with zero attached hydrogens (tertiary/aromatic N) is 2. The molecule has 0 amide bonds. The van der Waals surface area contributed by atoms with Crippen LogP contribution < -0.4 is 10.6 Å². The number of anilines is 2. The van der Waals surface area contributed by atoms with Gasteiger partial charge in [0.05, 0.1) is 21.4 Å². The number of likely N-dealkylation sites (N-methyl/N-ethyl adjacent to an activating group) is 1. The van der Waals surface area contributed by atoms with Crippen molar-refractivity contribution in [3.63, 3.8) is 0 Å². The van der Waals surface area contributed by atoms with Gasteiger partial charge < -0.3 is 15.5 Å². The van der Waals surface area contributed by atoms with Crippen LogP contribution in [0.5, 0.6) is 0 Å². The van der Waals surface area contributed by atoms with Crippen molar-refractivity contribution in [3.8, 4) is 0 Å². The van der Waals surface area contributed by atoms with Crippen LogP contribution in [0.25, 0.3) is 0 Å². The van der Waals surface area contributed by atoms with Crippen LogP contribution in [0.1, 0.15) is 0 Å². The first-order chi connectivity index (χ1) is 7.58. The molecule has 1 heterocycles. The Hall–Kier alpha value is -0.640. The molecule has 0 spiro atoms. The van der Waals surface area contributed by atoms with Crippen molar-refractivity contribution < 1.29 is 0 Å². The maximum Gasteiger partial charge on any atom is 0.0616 e. The minimum Gasteiger partial charge on any atom is -0.397 e. The van der Waals surface area contributed by atoms with Crippen molar-refractivity contribution in [2.75, 3.05) is 43.9 Å². The Morgan fingerprint density at radius 3 is 2.25 bits per heavy atom. The van der Waals surface area contributed by atoms with Crippen molar-refractivity contribution >= 4 is 34.6 Å². The third-order valence-electron chi connectivity index (χ3n) is 2.91. The fraction of sp³-hybridized carbons (Fsp3) is 0.455. The van der Waals surface area contributed by atoms with Crippen molar-refractivity contribution in [1.82, 2.24) is 4.90 Å². The molecule has 88 valence electrons. The lowest BCUT2D eigenvalue weighted by Crippen LogP contribution is -2.44. The molecular weight excluding hydrogens is 245 g/mol. The molecule has 1 aliphatic heterocycles. The van der Waals surface area contributed by atoms with Gasteiger partial charge in [0.25, 0.3) is 0 Å². The predicted molar refractivity (Wildman–Crippen MR) is 70.6 cm³/mol. The Morgan fingerprint density at radius 2 is 1.62 bits per heavy atom. The highest BCUT2D eigenvalue weighted by atomic mass is 35.5. The maximum atomic E-state index is 6.01. The molecule has 2 rings (SSSR count). The fourth-order valence-electron chi connectivity index (χ4n) is 1.87. The van der Waals surface area contributed by atoms with Gasteiger partial charge in [0.2, 0.25) is 0 Å². The summed E-state index contributed by atoms with van der Waals surface area (Å²) in [6, 6.07) is 3.57. The number of rotatable bonds is 1. The number of halogens is 2. The highest BCUT2D eigenvalue weighted by Gasteiger charge is 2.17. The van der Waals surface area contributed by atoms with Gasteiger partial charge in [-0.25, -0.2) is 0 Å². The Bertz CT molecular complexity index is 387. The van der Waals surface area contributed by atoms with Gasteiger partial charge in [0, 0.05) is 26.2 Å². The molecule has 1 fully saturated rings. The van der Waals surface area contributed by atoms with E-state index in [1.165, 1.54) is 0 Å². The molecule has 0 saturated carbocycles. The van der Waals surface area contributed by atoms with Crippen molar-refractivity contribution in [1.29, 1.82) is 0 Å². The third-order valence-corrected chi connectivity index (χ3v) is 3.64. The minimum absolute atomic E-state index is 0.511. The average Bonchev–Trinajstić information content (AvgIpc) is 2.25. The first-order valence-corrected chi connectivity index (χ1v) is 6.01. The molecule has 1 saturated heterocycles. The molecule has 16 heavy (non-hydrogen) atoms. The van der Waals surface area contributed by atoms with Gasteiger partial charge in [-0.1, -0.05) is 23.2 Å². The second-order valence-corrected chi connectivity index (χ2v) is 4.93. The van der Waals surface area contributed by atoms with Gasteiger partial charge in [-0.3, -0.25) is 0 Å². The van der Waals surface area contributed by atoms with Crippen molar-refractivity contribution in [3.05, 3.63) is 22.2 Å². The molecule has 3 nitrogen and oxygen atoms in total. The summed E-state index contributed by atoms with van der Waals surface area (Å²) in [5, 5.41) is 1.07. The lowest BCUT2D eigenvalue weighted by Gasteiger charge is -2.34. The zero-order valence-corrected chi connectivity index (χ0v) is 10.7. The molecule has 0 atom stereocenters. The summed E-state index contributed by atoms with van der Waals surface area (Å²) in [6.45, 7) is 4.02. The lowest BCUT2D eigenvalue weighted by atomic mass is 10.2. The first kappa shape index (κ1) is 11.8. The Morgan fingerprint density at radius 1 is 1.06 bits per heavy atom. The number of benzene rings is 1. The molecule has 1 aromatic carbocycles. The van der Waals surface area contributed by atoms with Crippen LogP contribution in [0.2, 0.25) is 10.0 Å². The monoisotopic (exact) mass is 259 g/mol. The summed E-state index contributed by atoms with van der Waals surface area (Å²) in [6.07, 6.45) is 0. The molecule has 0 radical (unpaired) electrons. The van der Waals surface area contributed by atoms with E-state index in [1.807, 2.05) is 6.07 Å². The van der Waals surface area contributed by atoms with E-state index < -0.39 is 0 Å². The van der Waals surface area contributed by atoms with Crippen LogP contribution in [0.3, 0.4) is 0 Å². The largest absolute Gasteiger partial charge is 0.397 e. The average molecular weight is 260 g/mol. The van der Waals surface area contributed by atoms with E-state index >= 15 is 0 Å². The van der Waals surface area contributed by atoms with Crippen LogP contribution in [0.15, 0.2) is 12.1 Å². The molecule has 5 heteroatoms. The summed E-state index contributed by atoms with van der Waals surface area (Å²) >= 11 is 11.9. The zero-order chi connectivity index (χ0) is 11.7. The summed E-state index contributed by atoms with van der Waals surface area (Å²) in [7, 11) is 2.12. The number of nitrogens with two attached hydrogens (primary N) is 1. The molecule has 2 N–H and O–H groups in total. The zero-order valence-electron chi connectivity index (χ0n) is 9.21. The van der Waals surface area contributed by atoms with E-state index in [9.17, 15) is 0 Å². The number of nitrogen functional groups attached to an aromatic ring is 1. The maximum absolute atomic E-state index is 6.01. The van der Waals surface area contributed by atoms with E-state index in [0.717, 1.165) is 31.9 Å². The van der Waals surface area contributed by atoms with Gasteiger partial charge >= 0.3 is 0 Å². The van der Waals surface area contributed by atoms with Gasteiger partial charge in [0.15, 0.2) is 0 Å². The summed E-state index contributed by atoms with van der Waals surface area (Å²) in [4.78, 5) is 4.54. The molecular formula is C11H15Cl2N3. The third kappa shape index (κ3) is 2.37. The standard InChI is InChI=1S/C11H15Cl2N3/c1-15-2-4-16(5-3-15)11-7-9(13)8(12)6-10(11)14/h6-7H,2-5,14H2,1H3. The molecule has 0 unspecified atom stereocenters. The first-order valence-electron chi connectivity index (χ1n) is 5.26. The lowest BCUT2D eigenvalue weighted by molar-refractivity contribution is 0.313. The van der Waals surface area contributed by atoms with Crippen LogP contribution in [0.4, 0.5) is 11.4 Å². The van der Waals surface area contributed by atoms with Crippen LogP contribution >= 0.6 is 23.2 Å². The fourth-order valence-corrected chi connectivity index (χ4v) is 2.20. The smallest absolute Gasteiger partial charge is 0.0616 e. The van der Waals surface area contributed by atoms with Crippen molar-refractivity contribution in [2.45, 2.75) is 0 Å². The Balaban J connectivity index is 2.23. The highest BCUT2D eigenvalue weighted by molar-refractivity contribution is 6.42. The molecule has 0 aromatic heterocycles. The van der Waals surface area contributed by atoms with Gasteiger partial charge in [-0.05, 0) is 19.2 Å². The van der Waals surface area contributed by atoms with E-state index in [1.54, 1.807) is 6.07 Å². The van der Waals surface area contributed by atoms with E-state index in [2.05, 4.69) is 16.8 Å². The number of hydrogen-bond acceptors (Lipinski definition) is 3. The number of piperazine rings is 1. The summed E-state index contributed by atoms with van der Waals surface area (Å²) < 4.78 is 0. The SMILES string of the molecule is CN1CCN(c2cc(Cl)c(Cl)cc2N)CC1. The van der Waals surface area contributed by atoms with Crippen LogP contribution in [0, 0.1) is 0 Å². The molecule has 0 bridgehead atoms. The van der Waals surface area contributed by atoms with Gasteiger partial charge in [-0.2, -0.15) is 0 Å². The van der Waals surface area contributed by atoms with Crippen LogP contribution in [-0.4, -0.2) is 38.1 Å². The Kier molecular flexibility index (Phi) is 3.47. The van der Waals surface area contributed by atoms with E-state index in [4.69, 9.17) is 28.9 Å². The predicted octanol–water partition coefficient (Wildman–Crippen LogP) is 2.33. The quantitative estimate of drug-likeness (QED) is 0.786. The van der Waals surface area contributed by atoms with Gasteiger partial charge in [-0.15, -0.1) is 0 Å². The Labute approximate surface area is 106 Å². The highest BCUT2D eigenvalue weighted by Crippen LogP contribution is 2.33.